The van der Waals surface area contributed by atoms with E-state index in [0.29, 0.717) is 32.7 Å². The normalized spacial score (nSPS) is 11.0. The first-order valence-electron chi connectivity index (χ1n) is 5.26. The lowest BCUT2D eigenvalue weighted by atomic mass is 10.2. The molecular formula is C13H8Cl2N2O. The van der Waals surface area contributed by atoms with Crippen LogP contribution in [0.4, 0.5) is 5.69 Å². The third-order valence-corrected chi connectivity index (χ3v) is 3.48. The van der Waals surface area contributed by atoms with Gasteiger partial charge in [-0.05, 0) is 18.2 Å². The minimum Gasteiger partial charge on any atom is -0.434 e. The van der Waals surface area contributed by atoms with E-state index >= 15 is 0 Å². The Bertz CT molecular complexity index is 723. The molecule has 18 heavy (non-hydrogen) atoms. The summed E-state index contributed by atoms with van der Waals surface area (Å²) < 4.78 is 5.64. The SMILES string of the molecule is Nc1cc2nc(-c3ccccc3)oc2c(Cl)c1Cl. The molecule has 0 saturated heterocycles. The Labute approximate surface area is 113 Å². The van der Waals surface area contributed by atoms with Crippen molar-refractivity contribution in [2.45, 2.75) is 0 Å². The molecule has 0 aliphatic carbocycles. The standard InChI is InChI=1S/C13H8Cl2N2O/c14-10-8(16)6-9-12(11(10)15)18-13(17-9)7-4-2-1-3-5-7/h1-6H,16H2. The third kappa shape index (κ3) is 1.72. The van der Waals surface area contributed by atoms with E-state index in [4.69, 9.17) is 33.4 Å². The average molecular weight is 279 g/mol. The largest absolute Gasteiger partial charge is 0.434 e. The molecule has 1 heterocycles. The molecule has 0 aliphatic rings. The molecule has 0 bridgehead atoms. The van der Waals surface area contributed by atoms with Crippen LogP contribution in [0.15, 0.2) is 40.8 Å². The minimum absolute atomic E-state index is 0.292. The van der Waals surface area contributed by atoms with Crippen molar-refractivity contribution in [3.05, 3.63) is 46.4 Å². The van der Waals surface area contributed by atoms with Crippen molar-refractivity contribution in [1.82, 2.24) is 4.98 Å². The average Bonchev–Trinajstić information content (AvgIpc) is 2.81. The topological polar surface area (TPSA) is 52.0 Å². The summed E-state index contributed by atoms with van der Waals surface area (Å²) in [6.45, 7) is 0. The van der Waals surface area contributed by atoms with Gasteiger partial charge in [-0.2, -0.15) is 0 Å². The lowest BCUT2D eigenvalue weighted by molar-refractivity contribution is 0.620. The molecule has 2 aromatic carbocycles. The van der Waals surface area contributed by atoms with Crippen LogP contribution in [0.5, 0.6) is 0 Å². The summed E-state index contributed by atoms with van der Waals surface area (Å²) in [6.07, 6.45) is 0. The molecule has 0 aliphatic heterocycles. The zero-order chi connectivity index (χ0) is 12.7. The summed E-state index contributed by atoms with van der Waals surface area (Å²) in [7, 11) is 0. The fraction of sp³-hybridized carbons (Fsp3) is 0. The fourth-order valence-corrected chi connectivity index (χ4v) is 2.11. The molecular weight excluding hydrogens is 271 g/mol. The smallest absolute Gasteiger partial charge is 0.227 e. The maximum Gasteiger partial charge on any atom is 0.227 e. The predicted molar refractivity (Wildman–Crippen MR) is 73.9 cm³/mol. The van der Waals surface area contributed by atoms with Crippen molar-refractivity contribution in [2.75, 3.05) is 5.73 Å². The Kier molecular flexibility index (Phi) is 2.65. The molecule has 3 aromatic rings. The van der Waals surface area contributed by atoms with Gasteiger partial charge in [0.2, 0.25) is 5.89 Å². The highest BCUT2D eigenvalue weighted by atomic mass is 35.5. The Morgan fingerprint density at radius 1 is 1.06 bits per heavy atom. The number of oxazole rings is 1. The van der Waals surface area contributed by atoms with Crippen LogP contribution in [0.1, 0.15) is 0 Å². The molecule has 90 valence electrons. The molecule has 5 heteroatoms. The molecule has 1 aromatic heterocycles. The Hall–Kier alpha value is -1.71. The summed E-state index contributed by atoms with van der Waals surface area (Å²) in [4.78, 5) is 4.36. The second kappa shape index (κ2) is 4.19. The van der Waals surface area contributed by atoms with Crippen LogP contribution in [-0.4, -0.2) is 4.98 Å². The highest BCUT2D eigenvalue weighted by Crippen LogP contribution is 2.37. The Morgan fingerprint density at radius 2 is 1.78 bits per heavy atom. The minimum atomic E-state index is 0.292. The molecule has 0 spiro atoms. The number of nitrogens with zero attached hydrogens (tertiary/aromatic N) is 1. The van der Waals surface area contributed by atoms with Crippen LogP contribution in [0.25, 0.3) is 22.6 Å². The number of rotatable bonds is 1. The quantitative estimate of drug-likeness (QED) is 0.672. The van der Waals surface area contributed by atoms with Crippen LogP contribution >= 0.6 is 23.2 Å². The number of nitrogens with two attached hydrogens (primary N) is 1. The number of halogens is 2. The van der Waals surface area contributed by atoms with E-state index in [1.165, 1.54) is 0 Å². The number of nitrogen functional groups attached to an aromatic ring is 1. The van der Waals surface area contributed by atoms with Crippen molar-refractivity contribution in [3.8, 4) is 11.5 Å². The van der Waals surface area contributed by atoms with Crippen molar-refractivity contribution >= 4 is 40.0 Å². The van der Waals surface area contributed by atoms with E-state index < -0.39 is 0 Å². The summed E-state index contributed by atoms with van der Waals surface area (Å²) in [5, 5.41) is 0.585. The van der Waals surface area contributed by atoms with Crippen molar-refractivity contribution in [1.29, 1.82) is 0 Å². The Balaban J connectivity index is 2.27. The molecule has 3 rings (SSSR count). The van der Waals surface area contributed by atoms with E-state index in [0.717, 1.165) is 5.56 Å². The number of fused-ring (bicyclic) bond motifs is 1. The first-order chi connectivity index (χ1) is 8.66. The summed E-state index contributed by atoms with van der Waals surface area (Å²) in [6, 6.07) is 11.2. The molecule has 0 atom stereocenters. The van der Waals surface area contributed by atoms with Gasteiger partial charge in [0.25, 0.3) is 0 Å². The molecule has 2 N–H and O–H groups in total. The summed E-state index contributed by atoms with van der Waals surface area (Å²) in [5.74, 6) is 0.495. The summed E-state index contributed by atoms with van der Waals surface area (Å²) in [5.41, 5.74) is 8.05. The monoisotopic (exact) mass is 278 g/mol. The number of hydrogen-bond donors (Lipinski definition) is 1. The van der Waals surface area contributed by atoms with Gasteiger partial charge >= 0.3 is 0 Å². The van der Waals surface area contributed by atoms with Crippen molar-refractivity contribution < 1.29 is 4.42 Å². The Morgan fingerprint density at radius 3 is 2.50 bits per heavy atom. The first-order valence-corrected chi connectivity index (χ1v) is 6.02. The van der Waals surface area contributed by atoms with E-state index in [9.17, 15) is 0 Å². The van der Waals surface area contributed by atoms with Crippen molar-refractivity contribution in [2.24, 2.45) is 0 Å². The summed E-state index contributed by atoms with van der Waals surface area (Å²) >= 11 is 12.1. The number of benzene rings is 2. The van der Waals surface area contributed by atoms with Gasteiger partial charge in [0.1, 0.15) is 10.5 Å². The lowest BCUT2D eigenvalue weighted by Crippen LogP contribution is -1.86. The molecule has 0 radical (unpaired) electrons. The van der Waals surface area contributed by atoms with Gasteiger partial charge in [0, 0.05) is 5.56 Å². The van der Waals surface area contributed by atoms with Gasteiger partial charge < -0.3 is 10.2 Å². The van der Waals surface area contributed by atoms with E-state index in [2.05, 4.69) is 4.98 Å². The fourth-order valence-electron chi connectivity index (χ4n) is 1.73. The molecule has 3 nitrogen and oxygen atoms in total. The van der Waals surface area contributed by atoms with Crippen LogP contribution in [0.2, 0.25) is 10.0 Å². The van der Waals surface area contributed by atoms with E-state index in [1.54, 1.807) is 6.07 Å². The van der Waals surface area contributed by atoms with Crippen LogP contribution in [-0.2, 0) is 0 Å². The zero-order valence-corrected chi connectivity index (χ0v) is 10.7. The van der Waals surface area contributed by atoms with Crippen LogP contribution in [0.3, 0.4) is 0 Å². The maximum absolute atomic E-state index is 6.09. The zero-order valence-electron chi connectivity index (χ0n) is 9.15. The number of anilines is 1. The molecule has 0 unspecified atom stereocenters. The van der Waals surface area contributed by atoms with Gasteiger partial charge in [-0.15, -0.1) is 0 Å². The van der Waals surface area contributed by atoms with Gasteiger partial charge in [-0.25, -0.2) is 4.98 Å². The van der Waals surface area contributed by atoms with Gasteiger partial charge in [-0.3, -0.25) is 0 Å². The molecule has 0 amide bonds. The van der Waals surface area contributed by atoms with Gasteiger partial charge in [0.05, 0.1) is 10.7 Å². The second-order valence-electron chi connectivity index (χ2n) is 3.83. The highest BCUT2D eigenvalue weighted by molar-refractivity contribution is 6.46. The maximum atomic E-state index is 6.09. The first kappa shape index (κ1) is 11.4. The van der Waals surface area contributed by atoms with Crippen LogP contribution in [0, 0.1) is 0 Å². The van der Waals surface area contributed by atoms with Crippen LogP contribution < -0.4 is 5.73 Å². The second-order valence-corrected chi connectivity index (χ2v) is 4.58. The van der Waals surface area contributed by atoms with Gasteiger partial charge in [-0.1, -0.05) is 41.4 Å². The number of aromatic nitrogens is 1. The van der Waals surface area contributed by atoms with Crippen molar-refractivity contribution in [3.63, 3.8) is 0 Å². The predicted octanol–water partition coefficient (Wildman–Crippen LogP) is 4.38. The highest BCUT2D eigenvalue weighted by Gasteiger charge is 2.15. The lowest BCUT2D eigenvalue weighted by Gasteiger charge is -1.99. The van der Waals surface area contributed by atoms with E-state index in [1.807, 2.05) is 30.3 Å². The molecule has 0 saturated carbocycles. The van der Waals surface area contributed by atoms with E-state index in [-0.39, 0.29) is 0 Å². The number of hydrogen-bond acceptors (Lipinski definition) is 3. The third-order valence-electron chi connectivity index (χ3n) is 2.61. The van der Waals surface area contributed by atoms with Gasteiger partial charge in [0.15, 0.2) is 5.58 Å². The molecule has 0 fully saturated rings.